The van der Waals surface area contributed by atoms with Crippen molar-refractivity contribution >= 4 is 29.4 Å². The highest BCUT2D eigenvalue weighted by molar-refractivity contribution is 8.00. The fourth-order valence-corrected chi connectivity index (χ4v) is 12.6. The first kappa shape index (κ1) is 34.9. The molecule has 10 atom stereocenters. The molecule has 45 heavy (non-hydrogen) atoms. The molecule has 0 aromatic rings. The Hall–Kier alpha value is -1.44. The fraction of sp³-hybridized carbons (Fsp3) is 0.919. The van der Waals surface area contributed by atoms with E-state index in [2.05, 4.69) is 50.4 Å². The molecule has 3 saturated carbocycles. The number of carbonyl (C=O) groups is 2. The van der Waals surface area contributed by atoms with Crippen LogP contribution in [0.2, 0.25) is 0 Å². The second-order valence-electron chi connectivity index (χ2n) is 16.7. The number of carbonyl (C=O) groups excluding carboxylic acids is 2. The zero-order valence-corrected chi connectivity index (χ0v) is 30.1. The largest absolute Gasteiger partial charge is 0.411 e. The number of unbranched alkanes of at least 4 members (excludes halogenated alkanes) is 1. The van der Waals surface area contributed by atoms with Crippen LogP contribution in [0.15, 0.2) is 5.16 Å². The van der Waals surface area contributed by atoms with Crippen LogP contribution in [-0.2, 0) is 4.79 Å². The van der Waals surface area contributed by atoms with E-state index in [0.29, 0.717) is 23.0 Å². The van der Waals surface area contributed by atoms with Gasteiger partial charge in [-0.25, -0.2) is 4.79 Å². The number of nitrogens with one attached hydrogen (secondary N) is 2. The van der Waals surface area contributed by atoms with Gasteiger partial charge in [-0.3, -0.25) is 4.79 Å². The normalized spacial score (nSPS) is 38.9. The molecule has 0 radical (unpaired) electrons. The lowest BCUT2D eigenvalue weighted by Crippen LogP contribution is -2.52. The molecule has 0 unspecified atom stereocenters. The van der Waals surface area contributed by atoms with E-state index in [-0.39, 0.29) is 29.4 Å². The average molecular weight is 645 g/mol. The summed E-state index contributed by atoms with van der Waals surface area (Å²) >= 11 is 1.94. The van der Waals surface area contributed by atoms with Crippen LogP contribution in [-0.4, -0.2) is 64.4 Å². The molecule has 2 saturated heterocycles. The third kappa shape index (κ3) is 7.36. The van der Waals surface area contributed by atoms with Gasteiger partial charge in [-0.05, 0) is 105 Å². The first-order chi connectivity index (χ1) is 21.5. The van der Waals surface area contributed by atoms with Crippen LogP contribution in [0.4, 0.5) is 4.79 Å². The number of amides is 3. The predicted molar refractivity (Wildman–Crippen MR) is 186 cm³/mol. The average Bonchev–Trinajstić information content (AvgIpc) is 3.66. The molecule has 3 amide bonds. The van der Waals surface area contributed by atoms with Gasteiger partial charge in [0.15, 0.2) is 0 Å². The molecule has 256 valence electrons. The highest BCUT2D eigenvalue weighted by Gasteiger charge is 2.59. The second-order valence-corrected chi connectivity index (χ2v) is 18.0. The Morgan fingerprint density at radius 3 is 2.60 bits per heavy atom. The van der Waals surface area contributed by atoms with Gasteiger partial charge in [0.2, 0.25) is 5.91 Å². The van der Waals surface area contributed by atoms with Crippen LogP contribution in [0, 0.1) is 46.3 Å². The predicted octanol–water partition coefficient (Wildman–Crippen LogP) is 8.10. The van der Waals surface area contributed by atoms with Gasteiger partial charge in [0.25, 0.3) is 0 Å². The minimum Gasteiger partial charge on any atom is -0.411 e. The van der Waals surface area contributed by atoms with E-state index in [4.69, 9.17) is 0 Å². The molecule has 5 aliphatic rings. The molecule has 0 aromatic heterocycles. The van der Waals surface area contributed by atoms with Crippen LogP contribution >= 0.6 is 11.8 Å². The Labute approximate surface area is 278 Å². The summed E-state index contributed by atoms with van der Waals surface area (Å²) in [7, 11) is 1.96. The first-order valence-electron chi connectivity index (χ1n) is 18.6. The number of fused-ring (bicyclic) bond motifs is 4. The number of thioether (sulfide) groups is 1. The second kappa shape index (κ2) is 14.8. The van der Waals surface area contributed by atoms with Gasteiger partial charge in [0.05, 0.1) is 17.8 Å². The highest BCUT2D eigenvalue weighted by atomic mass is 32.2. The summed E-state index contributed by atoms with van der Waals surface area (Å²) in [5.74, 6) is 5.80. The molecule has 0 bridgehead atoms. The summed E-state index contributed by atoms with van der Waals surface area (Å²) in [6.07, 6.45) is 17.0. The van der Waals surface area contributed by atoms with Crippen LogP contribution in [0.25, 0.3) is 0 Å². The lowest BCUT2D eigenvalue weighted by molar-refractivity contribution is -0.130. The minimum atomic E-state index is -0.0782. The number of hydrogen-bond acceptors (Lipinski definition) is 5. The van der Waals surface area contributed by atoms with Gasteiger partial charge in [-0.2, -0.15) is 11.8 Å². The van der Waals surface area contributed by atoms with Crippen LogP contribution in [0.3, 0.4) is 0 Å². The Bertz CT molecular complexity index is 1070. The summed E-state index contributed by atoms with van der Waals surface area (Å²) in [6.45, 7) is 13.0. The first-order valence-corrected chi connectivity index (χ1v) is 19.7. The van der Waals surface area contributed by atoms with Crippen LogP contribution in [0.1, 0.15) is 131 Å². The topological polar surface area (TPSA) is 94.0 Å². The van der Waals surface area contributed by atoms with Crippen molar-refractivity contribution < 1.29 is 14.8 Å². The van der Waals surface area contributed by atoms with E-state index in [0.717, 1.165) is 86.1 Å². The molecule has 7 nitrogen and oxygen atoms in total. The molecular weight excluding hydrogens is 580 g/mol. The van der Waals surface area contributed by atoms with Crippen LogP contribution in [0.5, 0.6) is 0 Å². The molecule has 8 heteroatoms. The van der Waals surface area contributed by atoms with E-state index in [1.165, 1.54) is 51.4 Å². The van der Waals surface area contributed by atoms with E-state index in [1.807, 2.05) is 23.7 Å². The van der Waals surface area contributed by atoms with Gasteiger partial charge < -0.3 is 20.7 Å². The number of rotatable bonds is 14. The summed E-state index contributed by atoms with van der Waals surface area (Å²) in [5.41, 5.74) is 1.39. The van der Waals surface area contributed by atoms with Crippen molar-refractivity contribution in [3.8, 4) is 0 Å². The van der Waals surface area contributed by atoms with Crippen molar-refractivity contribution in [2.45, 2.75) is 148 Å². The van der Waals surface area contributed by atoms with Crippen molar-refractivity contribution in [1.82, 2.24) is 15.5 Å². The monoisotopic (exact) mass is 644 g/mol. The van der Waals surface area contributed by atoms with Crippen molar-refractivity contribution in [2.24, 2.45) is 51.5 Å². The molecule has 5 fully saturated rings. The summed E-state index contributed by atoms with van der Waals surface area (Å²) in [6, 6.07) is 0.471. The molecular formula is C37H64N4O3S. The third-order valence-corrected chi connectivity index (χ3v) is 15.1. The van der Waals surface area contributed by atoms with E-state index >= 15 is 0 Å². The quantitative estimate of drug-likeness (QED) is 0.0771. The minimum absolute atomic E-state index is 0.0336. The maximum atomic E-state index is 13.0. The number of oxime groups is 1. The van der Waals surface area contributed by atoms with Crippen molar-refractivity contribution in [1.29, 1.82) is 0 Å². The van der Waals surface area contributed by atoms with Crippen molar-refractivity contribution in [3.63, 3.8) is 0 Å². The van der Waals surface area contributed by atoms with Gasteiger partial charge in [0, 0.05) is 36.4 Å². The molecule has 5 rings (SSSR count). The molecule has 3 aliphatic carbocycles. The number of hydrogen-bond donors (Lipinski definition) is 3. The lowest BCUT2D eigenvalue weighted by Gasteiger charge is -2.57. The Balaban J connectivity index is 1.09. The van der Waals surface area contributed by atoms with Gasteiger partial charge >= 0.3 is 6.03 Å². The Kier molecular flexibility index (Phi) is 11.4. The van der Waals surface area contributed by atoms with Crippen molar-refractivity contribution in [3.05, 3.63) is 0 Å². The Morgan fingerprint density at radius 2 is 1.84 bits per heavy atom. The van der Waals surface area contributed by atoms with Gasteiger partial charge in [-0.1, -0.05) is 65.5 Å². The summed E-state index contributed by atoms with van der Waals surface area (Å²) in [4.78, 5) is 26.6. The van der Waals surface area contributed by atoms with E-state index < -0.39 is 0 Å². The molecule has 3 N–H and O–H groups in total. The molecule has 0 aromatic carbocycles. The maximum absolute atomic E-state index is 13.0. The maximum Gasteiger partial charge on any atom is 0.315 e. The standard InChI is InChI=1S/C37H64N4O3S/c1-24(2)11-9-12-25(3)27-16-17-28-26-15-18-32(40-44)37(5,29(26)19-21-36(27,28)4)20-10-22-41(6)33(42)14-8-7-13-31-34-30(23-45-31)38-35(43)39-34/h24-31,34,44H,7-23H2,1-6H3,(H2,38,39,43)/t25-,26+,27-,28+,29+,30+,31+,34+,36-,37-/m1/s1. The highest BCUT2D eigenvalue weighted by Crippen LogP contribution is 2.66. The molecule has 2 heterocycles. The summed E-state index contributed by atoms with van der Waals surface area (Å²) < 4.78 is 0. The van der Waals surface area contributed by atoms with Crippen molar-refractivity contribution in [2.75, 3.05) is 19.3 Å². The third-order valence-electron chi connectivity index (χ3n) is 13.6. The smallest absolute Gasteiger partial charge is 0.315 e. The zero-order valence-electron chi connectivity index (χ0n) is 29.3. The van der Waals surface area contributed by atoms with Crippen LogP contribution < -0.4 is 10.6 Å². The van der Waals surface area contributed by atoms with E-state index in [1.54, 1.807) is 0 Å². The fourth-order valence-electron chi connectivity index (χ4n) is 11.1. The van der Waals surface area contributed by atoms with E-state index in [9.17, 15) is 14.8 Å². The number of nitrogens with zero attached hydrogens (tertiary/aromatic N) is 2. The molecule has 0 spiro atoms. The molecule has 2 aliphatic heterocycles. The van der Waals surface area contributed by atoms with Gasteiger partial charge in [0.1, 0.15) is 0 Å². The SMILES string of the molecule is CC(C)CCC[C@@H](C)[C@H]1CC[C@H]2[C@@H]3CCC(=NO)[C@](C)(CCCN(C)C(=O)CCCC[C@@H]4SC[C@@H]5NC(=O)N[C@@H]54)[C@H]3CC[C@]12C. The lowest BCUT2D eigenvalue weighted by atomic mass is 9.47. The number of urea groups is 1. The summed E-state index contributed by atoms with van der Waals surface area (Å²) in [5, 5.41) is 20.6. The van der Waals surface area contributed by atoms with Gasteiger partial charge in [-0.15, -0.1) is 0 Å². The Morgan fingerprint density at radius 1 is 1.04 bits per heavy atom. The zero-order chi connectivity index (χ0) is 32.4.